The maximum atomic E-state index is 13.1. The fourth-order valence-corrected chi connectivity index (χ4v) is 6.79. The van der Waals surface area contributed by atoms with E-state index in [1.807, 2.05) is 97.9 Å². The van der Waals surface area contributed by atoms with Crippen LogP contribution < -0.4 is 9.62 Å². The van der Waals surface area contributed by atoms with E-state index in [0.29, 0.717) is 31.8 Å². The zero-order chi connectivity index (χ0) is 31.5. The molecule has 0 heterocycles. The van der Waals surface area contributed by atoms with Crippen LogP contribution in [0.4, 0.5) is 5.69 Å². The molecular weight excluding hydrogens is 584 g/mol. The van der Waals surface area contributed by atoms with Crippen molar-refractivity contribution >= 4 is 26.5 Å². The zero-order valence-electron chi connectivity index (χ0n) is 25.8. The number of anilines is 1. The van der Waals surface area contributed by atoms with Crippen molar-refractivity contribution in [3.8, 4) is 0 Å². The van der Waals surface area contributed by atoms with E-state index >= 15 is 0 Å². The summed E-state index contributed by atoms with van der Waals surface area (Å²) in [5.41, 5.74) is 3.28. The van der Waals surface area contributed by atoms with Gasteiger partial charge in [-0.15, -0.1) is 0 Å². The topological polar surface area (TPSA) is 77.1 Å². The first-order valence-corrected chi connectivity index (χ1v) is 16.6. The highest BCUT2D eigenvalue weighted by atomic mass is 32.2. The minimum Gasteiger partial charge on any atom is -0.378 e. The molecule has 0 radical (unpaired) electrons. The predicted octanol–water partition coefficient (Wildman–Crippen LogP) is 6.23. The van der Waals surface area contributed by atoms with Gasteiger partial charge in [0.2, 0.25) is 10.0 Å². The molecule has 7 nitrogen and oxygen atoms in total. The maximum Gasteiger partial charge on any atom is 0.241 e. The van der Waals surface area contributed by atoms with Crippen LogP contribution in [0, 0.1) is 0 Å². The van der Waals surface area contributed by atoms with E-state index in [1.165, 1.54) is 0 Å². The molecule has 0 saturated heterocycles. The van der Waals surface area contributed by atoms with Gasteiger partial charge in [0.15, 0.2) is 0 Å². The van der Waals surface area contributed by atoms with Crippen LogP contribution in [-0.4, -0.2) is 62.1 Å². The highest BCUT2D eigenvalue weighted by molar-refractivity contribution is 7.89. The third-order valence-corrected chi connectivity index (χ3v) is 9.15. The Hall–Kier alpha value is -4.05. The minimum atomic E-state index is -3.71. The van der Waals surface area contributed by atoms with Crippen LogP contribution in [-0.2, 0) is 29.8 Å². The average molecular weight is 625 g/mol. The smallest absolute Gasteiger partial charge is 0.241 e. The number of nitrogens with one attached hydrogen (secondary N) is 1. The molecule has 0 saturated carbocycles. The first kappa shape index (κ1) is 32.3. The number of hydrogen-bond acceptors (Lipinski definition) is 6. The number of benzene rings is 5. The molecule has 0 spiro atoms. The Kier molecular flexibility index (Phi) is 11.0. The number of fused-ring (bicyclic) bond motifs is 1. The van der Waals surface area contributed by atoms with E-state index in [4.69, 9.17) is 14.2 Å². The summed E-state index contributed by atoms with van der Waals surface area (Å²) in [7, 11) is 0.167. The summed E-state index contributed by atoms with van der Waals surface area (Å²) in [6.07, 6.45) is 0. The molecule has 5 aromatic rings. The average Bonchev–Trinajstić information content (AvgIpc) is 3.08. The molecule has 0 amide bonds. The Morgan fingerprint density at radius 2 is 1.07 bits per heavy atom. The first-order chi connectivity index (χ1) is 21.9. The molecule has 1 N–H and O–H groups in total. The van der Waals surface area contributed by atoms with Crippen molar-refractivity contribution in [2.24, 2.45) is 0 Å². The molecule has 234 valence electrons. The minimum absolute atomic E-state index is 0.156. The van der Waals surface area contributed by atoms with E-state index in [0.717, 1.165) is 27.8 Å². The predicted molar refractivity (Wildman–Crippen MR) is 180 cm³/mol. The van der Waals surface area contributed by atoms with E-state index in [-0.39, 0.29) is 18.0 Å². The van der Waals surface area contributed by atoms with Gasteiger partial charge in [0.05, 0.1) is 37.9 Å². The fourth-order valence-electron chi connectivity index (χ4n) is 5.56. The first-order valence-electron chi connectivity index (χ1n) is 15.1. The maximum absolute atomic E-state index is 13.1. The third kappa shape index (κ3) is 7.61. The van der Waals surface area contributed by atoms with Crippen molar-refractivity contribution in [2.75, 3.05) is 58.6 Å². The van der Waals surface area contributed by atoms with Crippen LogP contribution in [0.15, 0.2) is 132 Å². The summed E-state index contributed by atoms with van der Waals surface area (Å²) < 4.78 is 47.1. The van der Waals surface area contributed by atoms with Gasteiger partial charge in [-0.2, -0.15) is 0 Å². The monoisotopic (exact) mass is 624 g/mol. The summed E-state index contributed by atoms with van der Waals surface area (Å²) in [5.74, 6) is 0. The number of nitrogens with zero attached hydrogens (tertiary/aromatic N) is 1. The molecule has 0 fully saturated rings. The Morgan fingerprint density at radius 1 is 0.578 bits per heavy atom. The van der Waals surface area contributed by atoms with Crippen LogP contribution in [0.1, 0.15) is 16.7 Å². The molecule has 0 aliphatic heterocycles. The lowest BCUT2D eigenvalue weighted by Crippen LogP contribution is -2.34. The standard InChI is InChI=1S/C37H40N2O5S/c1-39(2)35-22-12-21-34-33(35)20-13-23-36(34)45(40,41)38-24-25-42-26-27-43-28-29-44-37(30-14-6-3-7-15-30,31-16-8-4-9-17-31)32-18-10-5-11-19-32/h3-23,38H,24-29H2,1-2H3. The summed E-state index contributed by atoms with van der Waals surface area (Å²) >= 11 is 0. The van der Waals surface area contributed by atoms with E-state index in [2.05, 4.69) is 41.1 Å². The molecule has 0 aliphatic rings. The normalized spacial score (nSPS) is 12.0. The van der Waals surface area contributed by atoms with Gasteiger partial charge in [0.25, 0.3) is 0 Å². The summed E-state index contributed by atoms with van der Waals surface area (Å²) in [6.45, 7) is 1.82. The quantitative estimate of drug-likeness (QED) is 0.104. The summed E-state index contributed by atoms with van der Waals surface area (Å²) in [6, 6.07) is 41.7. The fraction of sp³-hybridized carbons (Fsp3) is 0.243. The molecule has 0 unspecified atom stereocenters. The van der Waals surface area contributed by atoms with Crippen molar-refractivity contribution in [2.45, 2.75) is 10.5 Å². The molecular formula is C37H40N2O5S. The van der Waals surface area contributed by atoms with Crippen LogP contribution in [0.2, 0.25) is 0 Å². The van der Waals surface area contributed by atoms with Gasteiger partial charge < -0.3 is 19.1 Å². The van der Waals surface area contributed by atoms with Crippen molar-refractivity contribution in [3.63, 3.8) is 0 Å². The van der Waals surface area contributed by atoms with Crippen molar-refractivity contribution in [1.82, 2.24) is 4.72 Å². The third-order valence-electron chi connectivity index (χ3n) is 7.63. The van der Waals surface area contributed by atoms with Gasteiger partial charge in [0, 0.05) is 37.1 Å². The van der Waals surface area contributed by atoms with Crippen LogP contribution in [0.3, 0.4) is 0 Å². The molecule has 5 aromatic carbocycles. The second kappa shape index (κ2) is 15.3. The largest absolute Gasteiger partial charge is 0.378 e. The Balaban J connectivity index is 1.11. The molecule has 45 heavy (non-hydrogen) atoms. The SMILES string of the molecule is CN(C)c1cccc2c(S(=O)(=O)NCCOCCOCCOC(c3ccccc3)(c3ccccc3)c3ccccc3)cccc12. The molecule has 8 heteroatoms. The Morgan fingerprint density at radius 3 is 1.62 bits per heavy atom. The number of sulfonamides is 1. The zero-order valence-corrected chi connectivity index (χ0v) is 26.6. The summed E-state index contributed by atoms with van der Waals surface area (Å²) in [5, 5.41) is 1.57. The van der Waals surface area contributed by atoms with Gasteiger partial charge in [-0.25, -0.2) is 13.1 Å². The molecule has 0 bridgehead atoms. The van der Waals surface area contributed by atoms with E-state index < -0.39 is 15.6 Å². The number of rotatable bonds is 16. The molecule has 5 rings (SSSR count). The Bertz CT molecular complexity index is 1650. The van der Waals surface area contributed by atoms with E-state index in [1.54, 1.807) is 12.1 Å². The van der Waals surface area contributed by atoms with Gasteiger partial charge in [-0.05, 0) is 28.8 Å². The van der Waals surface area contributed by atoms with Crippen LogP contribution >= 0.6 is 0 Å². The van der Waals surface area contributed by atoms with Gasteiger partial charge >= 0.3 is 0 Å². The second-order valence-corrected chi connectivity index (χ2v) is 12.5. The van der Waals surface area contributed by atoms with Crippen molar-refractivity contribution < 1.29 is 22.6 Å². The lowest BCUT2D eigenvalue weighted by molar-refractivity contribution is -0.0330. The second-order valence-electron chi connectivity index (χ2n) is 10.8. The highest BCUT2D eigenvalue weighted by Crippen LogP contribution is 2.40. The molecule has 0 aliphatic carbocycles. The lowest BCUT2D eigenvalue weighted by Gasteiger charge is -2.36. The molecule has 0 atom stereocenters. The van der Waals surface area contributed by atoms with E-state index in [9.17, 15) is 8.42 Å². The van der Waals surface area contributed by atoms with Crippen molar-refractivity contribution in [1.29, 1.82) is 0 Å². The number of hydrogen-bond donors (Lipinski definition) is 1. The molecule has 0 aromatic heterocycles. The summed E-state index contributed by atoms with van der Waals surface area (Å²) in [4.78, 5) is 2.23. The highest BCUT2D eigenvalue weighted by Gasteiger charge is 2.37. The Labute approximate surface area is 266 Å². The van der Waals surface area contributed by atoms with Crippen LogP contribution in [0.5, 0.6) is 0 Å². The van der Waals surface area contributed by atoms with Crippen LogP contribution in [0.25, 0.3) is 10.8 Å². The van der Waals surface area contributed by atoms with Gasteiger partial charge in [-0.1, -0.05) is 115 Å². The van der Waals surface area contributed by atoms with Gasteiger partial charge in [-0.3, -0.25) is 0 Å². The number of ether oxygens (including phenoxy) is 3. The van der Waals surface area contributed by atoms with Crippen molar-refractivity contribution in [3.05, 3.63) is 144 Å². The lowest BCUT2D eigenvalue weighted by atomic mass is 9.80. The van der Waals surface area contributed by atoms with Gasteiger partial charge in [0.1, 0.15) is 5.60 Å².